The molecule has 0 bridgehead atoms. The zero-order valence-electron chi connectivity index (χ0n) is 9.43. The van der Waals surface area contributed by atoms with Crippen molar-refractivity contribution < 1.29 is 14.7 Å². The van der Waals surface area contributed by atoms with Crippen LogP contribution in [0.1, 0.15) is 13.3 Å². The van der Waals surface area contributed by atoms with Crippen LogP contribution in [0.15, 0.2) is 24.3 Å². The fourth-order valence-electron chi connectivity index (χ4n) is 1.22. The molecule has 1 aromatic carbocycles. The van der Waals surface area contributed by atoms with E-state index < -0.39 is 6.03 Å². The molecule has 0 aliphatic heterocycles. The number of ether oxygens (including phenoxy) is 1. The first kappa shape index (κ1) is 12.3. The molecule has 0 saturated heterocycles. The van der Waals surface area contributed by atoms with Crippen LogP contribution in [0, 0.1) is 0 Å². The van der Waals surface area contributed by atoms with Gasteiger partial charge >= 0.3 is 6.03 Å². The number of carbonyl (C=O) groups excluding carboxylic acids is 1. The molecule has 0 aliphatic carbocycles. The number of hydrogen-bond acceptors (Lipinski definition) is 3. The van der Waals surface area contributed by atoms with Crippen LogP contribution in [0.2, 0.25) is 0 Å². The quantitative estimate of drug-likeness (QED) is 0.607. The smallest absolute Gasteiger partial charge is 0.346 e. The van der Waals surface area contributed by atoms with E-state index in [0.717, 1.165) is 6.42 Å². The van der Waals surface area contributed by atoms with Crippen LogP contribution in [0.25, 0.3) is 0 Å². The Morgan fingerprint density at radius 2 is 2.19 bits per heavy atom. The number of benzene rings is 1. The zero-order chi connectivity index (χ0) is 12.0. The van der Waals surface area contributed by atoms with Crippen LogP contribution >= 0.6 is 0 Å². The van der Waals surface area contributed by atoms with E-state index in [4.69, 9.17) is 4.74 Å². The Kier molecular flexibility index (Phi) is 4.60. The molecule has 0 unspecified atom stereocenters. The van der Waals surface area contributed by atoms with Crippen LogP contribution in [0.4, 0.5) is 10.5 Å². The van der Waals surface area contributed by atoms with Crippen molar-refractivity contribution in [2.24, 2.45) is 0 Å². The molecule has 0 heterocycles. The number of methoxy groups -OCH3 is 1. The molecular weight excluding hydrogens is 208 g/mol. The minimum absolute atomic E-state index is 0.318. The third-order valence-corrected chi connectivity index (χ3v) is 2.03. The Morgan fingerprint density at radius 1 is 1.50 bits per heavy atom. The monoisotopic (exact) mass is 224 g/mol. The molecule has 16 heavy (non-hydrogen) atoms. The van der Waals surface area contributed by atoms with Gasteiger partial charge in [0.2, 0.25) is 0 Å². The van der Waals surface area contributed by atoms with Gasteiger partial charge in [0.1, 0.15) is 11.4 Å². The summed E-state index contributed by atoms with van der Waals surface area (Å²) in [7, 11) is 1.48. The lowest BCUT2D eigenvalue weighted by molar-refractivity contribution is 0.203. The molecule has 0 spiro atoms. The number of nitrogens with one attached hydrogen (secondary N) is 1. The SMILES string of the molecule is CCCNC(=O)N(O)c1ccccc1OC. The van der Waals surface area contributed by atoms with E-state index in [1.165, 1.54) is 7.11 Å². The maximum atomic E-state index is 11.5. The summed E-state index contributed by atoms with van der Waals surface area (Å²) in [6, 6.07) is 6.19. The highest BCUT2D eigenvalue weighted by Gasteiger charge is 2.15. The van der Waals surface area contributed by atoms with Gasteiger partial charge in [-0.15, -0.1) is 0 Å². The van der Waals surface area contributed by atoms with E-state index in [9.17, 15) is 10.0 Å². The van der Waals surface area contributed by atoms with Gasteiger partial charge in [-0.05, 0) is 18.6 Å². The maximum absolute atomic E-state index is 11.5. The third kappa shape index (κ3) is 2.87. The second-order valence-electron chi connectivity index (χ2n) is 3.22. The molecule has 0 radical (unpaired) electrons. The van der Waals surface area contributed by atoms with Gasteiger partial charge in [-0.3, -0.25) is 5.21 Å². The highest BCUT2D eigenvalue weighted by molar-refractivity contribution is 5.91. The molecule has 0 aromatic heterocycles. The summed E-state index contributed by atoms with van der Waals surface area (Å²) in [4.78, 5) is 11.5. The van der Waals surface area contributed by atoms with Gasteiger partial charge in [0, 0.05) is 6.54 Å². The third-order valence-electron chi connectivity index (χ3n) is 2.03. The fraction of sp³-hybridized carbons (Fsp3) is 0.364. The minimum atomic E-state index is -0.564. The second kappa shape index (κ2) is 5.97. The summed E-state index contributed by atoms with van der Waals surface area (Å²) < 4.78 is 5.04. The highest BCUT2D eigenvalue weighted by atomic mass is 16.5. The maximum Gasteiger partial charge on any atom is 0.346 e. The summed E-state index contributed by atoms with van der Waals surface area (Å²) in [5.74, 6) is 0.441. The number of rotatable bonds is 4. The number of nitrogens with zero attached hydrogens (tertiary/aromatic N) is 1. The fourth-order valence-corrected chi connectivity index (χ4v) is 1.22. The van der Waals surface area contributed by atoms with Crippen molar-refractivity contribution in [2.45, 2.75) is 13.3 Å². The number of amides is 2. The van der Waals surface area contributed by atoms with Crippen molar-refractivity contribution in [3.05, 3.63) is 24.3 Å². The van der Waals surface area contributed by atoms with Crippen molar-refractivity contribution in [3.8, 4) is 5.75 Å². The normalized spacial score (nSPS) is 9.69. The standard InChI is InChI=1S/C11H16N2O3/c1-3-8-12-11(14)13(15)9-6-4-5-7-10(9)16-2/h4-7,15H,3,8H2,1-2H3,(H,12,14). The largest absolute Gasteiger partial charge is 0.494 e. The van der Waals surface area contributed by atoms with E-state index in [1.807, 2.05) is 6.92 Å². The van der Waals surface area contributed by atoms with E-state index in [2.05, 4.69) is 5.32 Å². The number of carbonyl (C=O) groups is 1. The molecule has 0 aliphatic rings. The van der Waals surface area contributed by atoms with Gasteiger partial charge in [0.25, 0.3) is 0 Å². The Hall–Kier alpha value is -1.75. The van der Waals surface area contributed by atoms with Gasteiger partial charge in [-0.1, -0.05) is 19.1 Å². The van der Waals surface area contributed by atoms with E-state index >= 15 is 0 Å². The second-order valence-corrected chi connectivity index (χ2v) is 3.22. The van der Waals surface area contributed by atoms with Crippen LogP contribution in [-0.4, -0.2) is 24.9 Å². The molecule has 5 heteroatoms. The van der Waals surface area contributed by atoms with Crippen LogP contribution in [0.3, 0.4) is 0 Å². The molecule has 0 saturated carbocycles. The molecule has 1 rings (SSSR count). The summed E-state index contributed by atoms with van der Waals surface area (Å²) in [5.41, 5.74) is 0.318. The first-order chi connectivity index (χ1) is 7.70. The summed E-state index contributed by atoms with van der Waals surface area (Å²) in [6.45, 7) is 2.45. The average Bonchev–Trinajstić information content (AvgIpc) is 2.34. The van der Waals surface area contributed by atoms with Crippen LogP contribution < -0.4 is 15.1 Å². The molecule has 2 N–H and O–H groups in total. The van der Waals surface area contributed by atoms with E-state index in [0.29, 0.717) is 23.0 Å². The minimum Gasteiger partial charge on any atom is -0.494 e. The Morgan fingerprint density at radius 3 is 2.81 bits per heavy atom. The van der Waals surface area contributed by atoms with Gasteiger partial charge in [-0.2, -0.15) is 5.06 Å². The van der Waals surface area contributed by atoms with Gasteiger partial charge in [-0.25, -0.2) is 4.79 Å². The number of urea groups is 1. The number of hydroxylamine groups is 1. The Labute approximate surface area is 94.6 Å². The topological polar surface area (TPSA) is 61.8 Å². The number of hydrogen-bond donors (Lipinski definition) is 2. The van der Waals surface area contributed by atoms with Gasteiger partial charge in [0.15, 0.2) is 0 Å². The number of para-hydroxylation sites is 2. The van der Waals surface area contributed by atoms with Crippen molar-refractivity contribution in [2.75, 3.05) is 18.7 Å². The molecule has 0 atom stereocenters. The lowest BCUT2D eigenvalue weighted by atomic mass is 10.3. The predicted molar refractivity (Wildman–Crippen MR) is 60.9 cm³/mol. The van der Waals surface area contributed by atoms with Crippen LogP contribution in [-0.2, 0) is 0 Å². The van der Waals surface area contributed by atoms with Crippen molar-refractivity contribution in [3.63, 3.8) is 0 Å². The summed E-state index contributed by atoms with van der Waals surface area (Å²) >= 11 is 0. The molecule has 88 valence electrons. The summed E-state index contributed by atoms with van der Waals surface area (Å²) in [6.07, 6.45) is 0.811. The van der Waals surface area contributed by atoms with Crippen LogP contribution in [0.5, 0.6) is 5.75 Å². The van der Waals surface area contributed by atoms with Crippen molar-refractivity contribution in [1.82, 2.24) is 5.32 Å². The van der Waals surface area contributed by atoms with Crippen molar-refractivity contribution >= 4 is 11.7 Å². The van der Waals surface area contributed by atoms with Gasteiger partial charge in [0.05, 0.1) is 7.11 Å². The first-order valence-corrected chi connectivity index (χ1v) is 5.10. The molecular formula is C11H16N2O3. The van der Waals surface area contributed by atoms with Crippen molar-refractivity contribution in [1.29, 1.82) is 0 Å². The number of anilines is 1. The highest BCUT2D eigenvalue weighted by Crippen LogP contribution is 2.26. The zero-order valence-corrected chi connectivity index (χ0v) is 9.43. The molecule has 1 aromatic rings. The van der Waals surface area contributed by atoms with E-state index in [1.54, 1.807) is 24.3 Å². The Bertz CT molecular complexity index is 355. The molecule has 0 fully saturated rings. The first-order valence-electron chi connectivity index (χ1n) is 5.10. The lowest BCUT2D eigenvalue weighted by Gasteiger charge is -2.17. The lowest BCUT2D eigenvalue weighted by Crippen LogP contribution is -2.38. The predicted octanol–water partition coefficient (Wildman–Crippen LogP) is 2.01. The average molecular weight is 224 g/mol. The van der Waals surface area contributed by atoms with E-state index in [-0.39, 0.29) is 0 Å². The molecule has 5 nitrogen and oxygen atoms in total. The Balaban J connectivity index is 2.78. The summed E-state index contributed by atoms with van der Waals surface area (Å²) in [5, 5.41) is 12.8. The molecule has 2 amide bonds. The van der Waals surface area contributed by atoms with Gasteiger partial charge < -0.3 is 10.1 Å².